The van der Waals surface area contributed by atoms with E-state index in [1.807, 2.05) is 4.90 Å². The van der Waals surface area contributed by atoms with Gasteiger partial charge in [0, 0.05) is 52.0 Å². The summed E-state index contributed by atoms with van der Waals surface area (Å²) in [4.78, 5) is 1.95. The SMILES string of the molecule is CN(C)S(=O)(=O)C[C@@H]1CN(Cc2cc(F)ccc2-n2cccn2)C[C@@H]1O. The number of aromatic nitrogens is 2. The van der Waals surface area contributed by atoms with Crippen LogP contribution in [0.2, 0.25) is 0 Å². The number of halogens is 1. The summed E-state index contributed by atoms with van der Waals surface area (Å²) in [5.41, 5.74) is 1.49. The number of sulfonamides is 1. The van der Waals surface area contributed by atoms with Crippen LogP contribution in [0.1, 0.15) is 5.56 Å². The van der Waals surface area contributed by atoms with Gasteiger partial charge in [-0.3, -0.25) is 4.90 Å². The monoisotopic (exact) mass is 382 g/mol. The smallest absolute Gasteiger partial charge is 0.214 e. The van der Waals surface area contributed by atoms with Crippen LogP contribution in [-0.4, -0.2) is 71.6 Å². The molecule has 26 heavy (non-hydrogen) atoms. The number of aliphatic hydroxyl groups is 1. The lowest BCUT2D eigenvalue weighted by atomic mass is 10.1. The second-order valence-corrected chi connectivity index (χ2v) is 9.03. The Kier molecular flexibility index (Phi) is 5.42. The van der Waals surface area contributed by atoms with Gasteiger partial charge in [0.15, 0.2) is 0 Å². The van der Waals surface area contributed by atoms with E-state index in [2.05, 4.69) is 5.10 Å². The summed E-state index contributed by atoms with van der Waals surface area (Å²) in [5.74, 6) is -0.821. The van der Waals surface area contributed by atoms with Gasteiger partial charge in [0.25, 0.3) is 0 Å². The van der Waals surface area contributed by atoms with Crippen LogP contribution in [0.25, 0.3) is 5.69 Å². The minimum atomic E-state index is -3.39. The van der Waals surface area contributed by atoms with Gasteiger partial charge in [0.1, 0.15) is 5.82 Å². The Labute approximate surface area is 152 Å². The zero-order valence-electron chi connectivity index (χ0n) is 14.8. The fourth-order valence-electron chi connectivity index (χ4n) is 3.21. The van der Waals surface area contributed by atoms with Crippen LogP contribution in [-0.2, 0) is 16.6 Å². The molecular formula is C17H23FN4O3S. The van der Waals surface area contributed by atoms with Gasteiger partial charge in [-0.05, 0) is 29.8 Å². The topological polar surface area (TPSA) is 78.7 Å². The van der Waals surface area contributed by atoms with Gasteiger partial charge in [0.2, 0.25) is 10.0 Å². The third-order valence-electron chi connectivity index (χ3n) is 4.65. The number of β-amino-alcohol motifs (C(OH)–C–C–N with tert-alkyl or cyclic N) is 1. The number of hydrogen-bond acceptors (Lipinski definition) is 5. The highest BCUT2D eigenvalue weighted by Crippen LogP contribution is 2.24. The highest BCUT2D eigenvalue weighted by molar-refractivity contribution is 7.89. The van der Waals surface area contributed by atoms with Crippen LogP contribution in [0, 0.1) is 11.7 Å². The highest BCUT2D eigenvalue weighted by Gasteiger charge is 2.35. The van der Waals surface area contributed by atoms with Crippen molar-refractivity contribution in [2.45, 2.75) is 12.6 Å². The number of nitrogens with zero attached hydrogens (tertiary/aromatic N) is 4. The first-order chi connectivity index (χ1) is 12.3. The van der Waals surface area contributed by atoms with Gasteiger partial charge in [-0.2, -0.15) is 5.10 Å². The van der Waals surface area contributed by atoms with Crippen molar-refractivity contribution in [3.8, 4) is 5.69 Å². The molecule has 0 amide bonds. The fourth-order valence-corrected chi connectivity index (χ4v) is 4.38. The van der Waals surface area contributed by atoms with Crippen LogP contribution in [0.15, 0.2) is 36.7 Å². The van der Waals surface area contributed by atoms with Crippen molar-refractivity contribution < 1.29 is 17.9 Å². The van der Waals surface area contributed by atoms with E-state index in [1.165, 1.54) is 30.5 Å². The zero-order valence-corrected chi connectivity index (χ0v) is 15.6. The van der Waals surface area contributed by atoms with E-state index >= 15 is 0 Å². The molecule has 0 radical (unpaired) electrons. The Morgan fingerprint density at radius 1 is 1.35 bits per heavy atom. The fraction of sp³-hybridized carbons (Fsp3) is 0.471. The highest BCUT2D eigenvalue weighted by atomic mass is 32.2. The number of aliphatic hydroxyl groups excluding tert-OH is 1. The Hall–Kier alpha value is -1.81. The van der Waals surface area contributed by atoms with Crippen LogP contribution >= 0.6 is 0 Å². The summed E-state index contributed by atoms with van der Waals surface area (Å²) >= 11 is 0. The predicted octanol–water partition coefficient (Wildman–Crippen LogP) is 0.695. The van der Waals surface area contributed by atoms with E-state index in [4.69, 9.17) is 0 Å². The van der Waals surface area contributed by atoms with Crippen LogP contribution in [0.3, 0.4) is 0 Å². The molecule has 2 atom stereocenters. The first-order valence-corrected chi connectivity index (χ1v) is 9.96. The Bertz CT molecular complexity index is 855. The maximum absolute atomic E-state index is 13.7. The molecular weight excluding hydrogens is 359 g/mol. The molecule has 1 saturated heterocycles. The molecule has 0 unspecified atom stereocenters. The van der Waals surface area contributed by atoms with Gasteiger partial charge < -0.3 is 5.11 Å². The second-order valence-electron chi connectivity index (χ2n) is 6.81. The summed E-state index contributed by atoms with van der Waals surface area (Å²) in [6.07, 6.45) is 2.70. The van der Waals surface area contributed by atoms with Crippen molar-refractivity contribution in [2.75, 3.05) is 32.9 Å². The number of rotatable bonds is 6. The lowest BCUT2D eigenvalue weighted by Gasteiger charge is -2.19. The average Bonchev–Trinajstić information content (AvgIpc) is 3.18. The molecule has 1 fully saturated rings. The van der Waals surface area contributed by atoms with E-state index in [1.54, 1.807) is 29.2 Å². The van der Waals surface area contributed by atoms with Gasteiger partial charge in [0.05, 0.1) is 17.5 Å². The molecule has 0 bridgehead atoms. The molecule has 2 heterocycles. The standard InChI is InChI=1S/C17H23FN4O3S/c1-20(2)26(24,25)12-14-10-21(11-17(14)23)9-13-8-15(18)4-5-16(13)22-7-3-6-19-22/h3-8,14,17,23H,9-12H2,1-2H3/t14-,17-/m0/s1. The van der Waals surface area contributed by atoms with E-state index in [9.17, 15) is 17.9 Å². The third kappa shape index (κ3) is 4.12. The van der Waals surface area contributed by atoms with Gasteiger partial charge >= 0.3 is 0 Å². The van der Waals surface area contributed by atoms with Crippen LogP contribution in [0.4, 0.5) is 4.39 Å². The minimum Gasteiger partial charge on any atom is -0.391 e. The van der Waals surface area contributed by atoms with Crippen molar-refractivity contribution in [3.63, 3.8) is 0 Å². The predicted molar refractivity (Wildman–Crippen MR) is 95.8 cm³/mol. The van der Waals surface area contributed by atoms with Crippen LogP contribution in [0.5, 0.6) is 0 Å². The Balaban J connectivity index is 1.76. The molecule has 0 spiro atoms. The molecule has 142 valence electrons. The summed E-state index contributed by atoms with van der Waals surface area (Å²) in [6, 6.07) is 6.28. The van der Waals surface area contributed by atoms with Crippen molar-refractivity contribution >= 4 is 10.0 Å². The molecule has 1 aromatic heterocycles. The number of hydrogen-bond donors (Lipinski definition) is 1. The van der Waals surface area contributed by atoms with Gasteiger partial charge in [-0.1, -0.05) is 0 Å². The van der Waals surface area contributed by atoms with Gasteiger partial charge in [-0.25, -0.2) is 21.8 Å². The Morgan fingerprint density at radius 3 is 2.77 bits per heavy atom. The molecule has 0 aliphatic carbocycles. The summed E-state index contributed by atoms with van der Waals surface area (Å²) in [7, 11) is -0.421. The maximum Gasteiger partial charge on any atom is 0.214 e. The van der Waals surface area contributed by atoms with E-state index in [0.717, 1.165) is 11.3 Å². The summed E-state index contributed by atoms with van der Waals surface area (Å²) < 4.78 is 40.8. The molecule has 3 rings (SSSR count). The lowest BCUT2D eigenvalue weighted by Crippen LogP contribution is -2.33. The molecule has 2 aromatic rings. The molecule has 1 aromatic carbocycles. The van der Waals surface area contributed by atoms with Crippen molar-refractivity contribution in [3.05, 3.63) is 48.0 Å². The van der Waals surface area contributed by atoms with Gasteiger partial charge in [-0.15, -0.1) is 0 Å². The zero-order chi connectivity index (χ0) is 18.9. The number of likely N-dealkylation sites (tertiary alicyclic amines) is 1. The van der Waals surface area contributed by atoms with E-state index in [0.29, 0.717) is 19.6 Å². The number of benzene rings is 1. The summed E-state index contributed by atoms with van der Waals surface area (Å²) in [5, 5.41) is 14.5. The lowest BCUT2D eigenvalue weighted by molar-refractivity contribution is 0.148. The van der Waals surface area contributed by atoms with Crippen molar-refractivity contribution in [1.29, 1.82) is 0 Å². The molecule has 9 heteroatoms. The quantitative estimate of drug-likeness (QED) is 0.796. The second kappa shape index (κ2) is 7.43. The van der Waals surface area contributed by atoms with Crippen LogP contribution < -0.4 is 0 Å². The van der Waals surface area contributed by atoms with E-state index in [-0.39, 0.29) is 17.5 Å². The van der Waals surface area contributed by atoms with Crippen molar-refractivity contribution in [1.82, 2.24) is 19.0 Å². The van der Waals surface area contributed by atoms with Crippen molar-refractivity contribution in [2.24, 2.45) is 5.92 Å². The first-order valence-electron chi connectivity index (χ1n) is 8.35. The summed E-state index contributed by atoms with van der Waals surface area (Å²) in [6.45, 7) is 1.19. The normalized spacial score (nSPS) is 21.6. The average molecular weight is 382 g/mol. The molecule has 1 N–H and O–H groups in total. The molecule has 1 aliphatic heterocycles. The van der Waals surface area contributed by atoms with E-state index < -0.39 is 16.1 Å². The Morgan fingerprint density at radius 2 is 2.12 bits per heavy atom. The molecule has 0 saturated carbocycles. The maximum atomic E-state index is 13.7. The first kappa shape index (κ1) is 19.0. The third-order valence-corrected chi connectivity index (χ3v) is 6.61. The molecule has 1 aliphatic rings. The largest absolute Gasteiger partial charge is 0.391 e. The minimum absolute atomic E-state index is 0.104. The molecule has 7 nitrogen and oxygen atoms in total.